The van der Waals surface area contributed by atoms with Gasteiger partial charge in [-0.25, -0.2) is 0 Å². The van der Waals surface area contributed by atoms with Crippen molar-refractivity contribution in [3.63, 3.8) is 0 Å². The van der Waals surface area contributed by atoms with E-state index in [-0.39, 0.29) is 18.4 Å². The number of amides is 2. The minimum Gasteiger partial charge on any atom is -0.355 e. The third-order valence-electron chi connectivity index (χ3n) is 2.45. The molecule has 0 unspecified atom stereocenters. The number of hydrogen-bond donors (Lipinski definition) is 3. The molecule has 0 atom stereocenters. The van der Waals surface area contributed by atoms with Gasteiger partial charge in [-0.1, -0.05) is 22.0 Å². The number of benzene rings is 1. The zero-order chi connectivity index (χ0) is 14.1. The minimum absolute atomic E-state index is 0.0199. The number of nitrogens with one attached hydrogen (secondary N) is 2. The molecular weight excluding hydrogens is 310 g/mol. The second kappa shape index (κ2) is 8.66. The van der Waals surface area contributed by atoms with Gasteiger partial charge in [-0.2, -0.15) is 0 Å². The molecule has 0 heterocycles. The molecule has 0 aliphatic rings. The molecular formula is C13H18BrN3O2. The Morgan fingerprint density at radius 1 is 1.21 bits per heavy atom. The first-order valence-corrected chi connectivity index (χ1v) is 6.93. The molecule has 1 aromatic carbocycles. The second-order valence-corrected chi connectivity index (χ2v) is 4.95. The first-order chi connectivity index (χ1) is 9.13. The standard InChI is InChI=1S/C13H18BrN3O2/c14-11-5-3-4-10(8-11)13(19)17-9-12(18)16-7-2-1-6-15/h3-5,8H,1-2,6-7,9,15H2,(H,16,18)(H,17,19). The van der Waals surface area contributed by atoms with Crippen LogP contribution in [0.15, 0.2) is 28.7 Å². The SMILES string of the molecule is NCCCCNC(=O)CNC(=O)c1cccc(Br)c1. The fourth-order valence-corrected chi connectivity index (χ4v) is 1.85. The van der Waals surface area contributed by atoms with Crippen LogP contribution in [0.25, 0.3) is 0 Å². The summed E-state index contributed by atoms with van der Waals surface area (Å²) >= 11 is 3.29. The maximum Gasteiger partial charge on any atom is 0.251 e. The zero-order valence-electron chi connectivity index (χ0n) is 10.6. The number of hydrogen-bond acceptors (Lipinski definition) is 3. The van der Waals surface area contributed by atoms with Crippen LogP contribution in [0.3, 0.4) is 0 Å². The Morgan fingerprint density at radius 3 is 2.68 bits per heavy atom. The Balaban J connectivity index is 2.28. The molecule has 0 saturated heterocycles. The molecule has 2 amide bonds. The first-order valence-electron chi connectivity index (χ1n) is 6.14. The maximum absolute atomic E-state index is 11.7. The molecule has 0 spiro atoms. The summed E-state index contributed by atoms with van der Waals surface area (Å²) in [5.41, 5.74) is 5.87. The second-order valence-electron chi connectivity index (χ2n) is 4.04. The molecule has 5 nitrogen and oxygen atoms in total. The fourth-order valence-electron chi connectivity index (χ4n) is 1.45. The van der Waals surface area contributed by atoms with E-state index in [1.165, 1.54) is 0 Å². The van der Waals surface area contributed by atoms with Crippen LogP contribution in [0.4, 0.5) is 0 Å². The van der Waals surface area contributed by atoms with E-state index >= 15 is 0 Å². The van der Waals surface area contributed by atoms with Crippen LogP contribution in [0.2, 0.25) is 0 Å². The lowest BCUT2D eigenvalue weighted by Crippen LogP contribution is -2.37. The molecule has 0 aliphatic carbocycles. The van der Waals surface area contributed by atoms with E-state index in [1.807, 2.05) is 6.07 Å². The van der Waals surface area contributed by atoms with E-state index in [1.54, 1.807) is 18.2 Å². The van der Waals surface area contributed by atoms with Crippen molar-refractivity contribution in [3.05, 3.63) is 34.3 Å². The number of carbonyl (C=O) groups excluding carboxylic acids is 2. The summed E-state index contributed by atoms with van der Waals surface area (Å²) in [6.45, 7) is 1.19. The summed E-state index contributed by atoms with van der Waals surface area (Å²) in [6.07, 6.45) is 1.73. The predicted molar refractivity (Wildman–Crippen MR) is 77.8 cm³/mol. The van der Waals surface area contributed by atoms with Crippen molar-refractivity contribution in [2.45, 2.75) is 12.8 Å². The lowest BCUT2D eigenvalue weighted by atomic mass is 10.2. The number of unbranched alkanes of at least 4 members (excludes halogenated alkanes) is 1. The molecule has 0 aromatic heterocycles. The third-order valence-corrected chi connectivity index (χ3v) is 2.94. The number of rotatable bonds is 7. The summed E-state index contributed by atoms with van der Waals surface area (Å²) < 4.78 is 0.825. The molecule has 0 radical (unpaired) electrons. The van der Waals surface area contributed by atoms with Crippen LogP contribution in [-0.2, 0) is 4.79 Å². The molecule has 0 aliphatic heterocycles. The van der Waals surface area contributed by atoms with E-state index < -0.39 is 0 Å². The Bertz CT molecular complexity index is 438. The van der Waals surface area contributed by atoms with Crippen molar-refractivity contribution in [2.75, 3.05) is 19.6 Å². The van der Waals surface area contributed by atoms with Crippen LogP contribution >= 0.6 is 15.9 Å². The summed E-state index contributed by atoms with van der Waals surface area (Å²) in [5, 5.41) is 5.29. The third kappa shape index (κ3) is 6.35. The van der Waals surface area contributed by atoms with E-state index in [4.69, 9.17) is 5.73 Å². The van der Waals surface area contributed by atoms with Crippen molar-refractivity contribution in [1.29, 1.82) is 0 Å². The Hall–Kier alpha value is -1.40. The minimum atomic E-state index is -0.265. The number of carbonyl (C=O) groups is 2. The van der Waals surface area contributed by atoms with Crippen LogP contribution < -0.4 is 16.4 Å². The van der Waals surface area contributed by atoms with Gasteiger partial charge in [-0.15, -0.1) is 0 Å². The summed E-state index contributed by atoms with van der Waals surface area (Å²) in [6, 6.07) is 7.00. The highest BCUT2D eigenvalue weighted by Gasteiger charge is 2.07. The summed E-state index contributed by atoms with van der Waals surface area (Å²) in [5.74, 6) is -0.459. The Labute approximate surface area is 121 Å². The first kappa shape index (κ1) is 15.7. The molecule has 0 fully saturated rings. The monoisotopic (exact) mass is 327 g/mol. The van der Waals surface area contributed by atoms with Gasteiger partial charge in [-0.3, -0.25) is 9.59 Å². The van der Waals surface area contributed by atoms with Gasteiger partial charge in [0.15, 0.2) is 0 Å². The van der Waals surface area contributed by atoms with Crippen molar-refractivity contribution in [1.82, 2.24) is 10.6 Å². The Kier molecular flexibility index (Phi) is 7.14. The molecule has 19 heavy (non-hydrogen) atoms. The highest BCUT2D eigenvalue weighted by atomic mass is 79.9. The Morgan fingerprint density at radius 2 is 2.00 bits per heavy atom. The zero-order valence-corrected chi connectivity index (χ0v) is 12.2. The normalized spacial score (nSPS) is 10.0. The quantitative estimate of drug-likeness (QED) is 0.654. The number of halogens is 1. The van der Waals surface area contributed by atoms with Crippen molar-refractivity contribution >= 4 is 27.7 Å². The van der Waals surface area contributed by atoms with E-state index in [2.05, 4.69) is 26.6 Å². The van der Waals surface area contributed by atoms with Gasteiger partial charge >= 0.3 is 0 Å². The van der Waals surface area contributed by atoms with Crippen LogP contribution in [0.5, 0.6) is 0 Å². The summed E-state index contributed by atoms with van der Waals surface area (Å²) in [7, 11) is 0. The van der Waals surface area contributed by atoms with E-state index in [0.29, 0.717) is 18.7 Å². The highest BCUT2D eigenvalue weighted by molar-refractivity contribution is 9.10. The molecule has 1 aromatic rings. The lowest BCUT2D eigenvalue weighted by molar-refractivity contribution is -0.120. The van der Waals surface area contributed by atoms with Gasteiger partial charge in [0.2, 0.25) is 5.91 Å². The van der Waals surface area contributed by atoms with Crippen molar-refractivity contribution in [3.8, 4) is 0 Å². The fraction of sp³-hybridized carbons (Fsp3) is 0.385. The largest absolute Gasteiger partial charge is 0.355 e. The van der Waals surface area contributed by atoms with Crippen LogP contribution in [0.1, 0.15) is 23.2 Å². The molecule has 4 N–H and O–H groups in total. The molecule has 1 rings (SSSR count). The van der Waals surface area contributed by atoms with Crippen molar-refractivity contribution < 1.29 is 9.59 Å². The van der Waals surface area contributed by atoms with E-state index in [0.717, 1.165) is 17.3 Å². The summed E-state index contributed by atoms with van der Waals surface area (Å²) in [4.78, 5) is 23.2. The van der Waals surface area contributed by atoms with Gasteiger partial charge in [0.25, 0.3) is 5.91 Å². The van der Waals surface area contributed by atoms with Crippen LogP contribution in [-0.4, -0.2) is 31.4 Å². The van der Waals surface area contributed by atoms with Crippen molar-refractivity contribution in [2.24, 2.45) is 5.73 Å². The smallest absolute Gasteiger partial charge is 0.251 e. The average Bonchev–Trinajstić information content (AvgIpc) is 2.41. The van der Waals surface area contributed by atoms with Crippen LogP contribution in [0, 0.1) is 0 Å². The van der Waals surface area contributed by atoms with Gasteiger partial charge in [0, 0.05) is 16.6 Å². The van der Waals surface area contributed by atoms with Gasteiger partial charge < -0.3 is 16.4 Å². The molecule has 0 saturated carbocycles. The topological polar surface area (TPSA) is 84.2 Å². The number of nitrogens with two attached hydrogens (primary N) is 1. The lowest BCUT2D eigenvalue weighted by Gasteiger charge is -2.07. The van der Waals surface area contributed by atoms with Gasteiger partial charge in [0.1, 0.15) is 0 Å². The molecule has 104 valence electrons. The maximum atomic E-state index is 11.7. The molecule has 0 bridgehead atoms. The van der Waals surface area contributed by atoms with E-state index in [9.17, 15) is 9.59 Å². The highest BCUT2D eigenvalue weighted by Crippen LogP contribution is 2.11. The van der Waals surface area contributed by atoms with Gasteiger partial charge in [-0.05, 0) is 37.6 Å². The van der Waals surface area contributed by atoms with Gasteiger partial charge in [0.05, 0.1) is 6.54 Å². The average molecular weight is 328 g/mol. The predicted octanol–water partition coefficient (Wildman–Crippen LogP) is 1.03. The molecule has 6 heteroatoms.